The number of fused-ring (bicyclic) bond motifs is 1. The summed E-state index contributed by atoms with van der Waals surface area (Å²) < 4.78 is 16.4. The van der Waals surface area contributed by atoms with E-state index in [0.717, 1.165) is 16.7 Å². The predicted octanol–water partition coefficient (Wildman–Crippen LogP) is 4.65. The number of nitrogens with zero attached hydrogens (tertiary/aromatic N) is 1. The Hall–Kier alpha value is -0.980. The van der Waals surface area contributed by atoms with Gasteiger partial charge in [-0.3, -0.25) is 4.57 Å². The Morgan fingerprint density at radius 1 is 1.41 bits per heavy atom. The molecule has 3 rings (SSSR count). The van der Waals surface area contributed by atoms with Crippen molar-refractivity contribution in [2.75, 3.05) is 0 Å². The molecule has 2 nitrogen and oxygen atoms in total. The average Bonchev–Trinajstić information content (AvgIpc) is 2.86. The maximum absolute atomic E-state index is 13.6. The number of rotatable bonds is 1. The largest absolute Gasteiger partial charge is 0.330 e. The predicted molar refractivity (Wildman–Crippen MR) is 74.0 cm³/mol. The standard InChI is InChI=1S/C11H6BrFN2S2/c12-7-3-9-10(4-8(7)13)15(11(16)14-9)6-1-2-17-5-6/h1-5H,(H,14,16). The average molecular weight is 329 g/mol. The van der Waals surface area contributed by atoms with Crippen LogP contribution in [0.5, 0.6) is 0 Å². The molecule has 0 aliphatic rings. The number of imidazole rings is 1. The van der Waals surface area contributed by atoms with Gasteiger partial charge in [-0.2, -0.15) is 11.3 Å². The molecule has 0 atom stereocenters. The lowest BCUT2D eigenvalue weighted by atomic mass is 10.3. The van der Waals surface area contributed by atoms with Crippen molar-refractivity contribution in [1.29, 1.82) is 0 Å². The molecule has 17 heavy (non-hydrogen) atoms. The summed E-state index contributed by atoms with van der Waals surface area (Å²) >= 11 is 10.0. The fourth-order valence-corrected chi connectivity index (χ4v) is 3.02. The van der Waals surface area contributed by atoms with Gasteiger partial charge in [0.15, 0.2) is 4.77 Å². The van der Waals surface area contributed by atoms with Gasteiger partial charge in [0.25, 0.3) is 0 Å². The zero-order valence-corrected chi connectivity index (χ0v) is 11.6. The number of aromatic nitrogens is 2. The number of thiophene rings is 1. The van der Waals surface area contributed by atoms with Crippen LogP contribution in [-0.2, 0) is 0 Å². The van der Waals surface area contributed by atoms with E-state index in [2.05, 4.69) is 20.9 Å². The summed E-state index contributed by atoms with van der Waals surface area (Å²) in [6, 6.07) is 5.13. The lowest BCUT2D eigenvalue weighted by molar-refractivity contribution is 0.622. The molecular weight excluding hydrogens is 323 g/mol. The molecular formula is C11H6BrFN2S2. The zero-order valence-electron chi connectivity index (χ0n) is 8.41. The third kappa shape index (κ3) is 1.76. The van der Waals surface area contributed by atoms with E-state index in [4.69, 9.17) is 12.2 Å². The third-order valence-electron chi connectivity index (χ3n) is 2.49. The Morgan fingerprint density at radius 2 is 2.24 bits per heavy atom. The number of nitrogens with one attached hydrogen (secondary N) is 1. The molecule has 86 valence electrons. The van der Waals surface area contributed by atoms with Gasteiger partial charge >= 0.3 is 0 Å². The smallest absolute Gasteiger partial charge is 0.182 e. The third-order valence-corrected chi connectivity index (χ3v) is 4.05. The molecule has 0 fully saturated rings. The Bertz CT molecular complexity index is 743. The van der Waals surface area contributed by atoms with Crippen molar-refractivity contribution < 1.29 is 4.39 Å². The van der Waals surface area contributed by atoms with Crippen LogP contribution in [-0.4, -0.2) is 9.55 Å². The van der Waals surface area contributed by atoms with Crippen molar-refractivity contribution in [1.82, 2.24) is 9.55 Å². The van der Waals surface area contributed by atoms with Crippen LogP contribution in [0.1, 0.15) is 0 Å². The van der Waals surface area contributed by atoms with Crippen molar-refractivity contribution in [3.8, 4) is 5.69 Å². The first-order valence-corrected chi connectivity index (χ1v) is 6.93. The minimum absolute atomic E-state index is 0.296. The van der Waals surface area contributed by atoms with Crippen molar-refractivity contribution in [2.45, 2.75) is 0 Å². The number of halogens is 2. The summed E-state index contributed by atoms with van der Waals surface area (Å²) in [5, 5.41) is 3.94. The van der Waals surface area contributed by atoms with Crippen molar-refractivity contribution in [2.24, 2.45) is 0 Å². The Kier molecular flexibility index (Phi) is 2.65. The molecule has 0 radical (unpaired) electrons. The summed E-state index contributed by atoms with van der Waals surface area (Å²) in [5.74, 6) is -0.296. The van der Waals surface area contributed by atoms with Crippen LogP contribution in [0.25, 0.3) is 16.7 Å². The fraction of sp³-hybridized carbons (Fsp3) is 0. The number of hydrogen-bond acceptors (Lipinski definition) is 2. The second kappa shape index (κ2) is 4.04. The van der Waals surface area contributed by atoms with Gasteiger partial charge in [0.1, 0.15) is 5.82 Å². The van der Waals surface area contributed by atoms with Crippen LogP contribution in [0.4, 0.5) is 4.39 Å². The molecule has 1 N–H and O–H groups in total. The van der Waals surface area contributed by atoms with Crippen molar-refractivity contribution in [3.63, 3.8) is 0 Å². The highest BCUT2D eigenvalue weighted by Crippen LogP contribution is 2.26. The minimum atomic E-state index is -0.296. The summed E-state index contributed by atoms with van der Waals surface area (Å²) in [5.41, 5.74) is 2.51. The van der Waals surface area contributed by atoms with Crippen molar-refractivity contribution in [3.05, 3.63) is 44.0 Å². The molecule has 3 aromatic rings. The molecule has 0 aliphatic carbocycles. The molecule has 2 heterocycles. The maximum Gasteiger partial charge on any atom is 0.182 e. The molecule has 0 unspecified atom stereocenters. The highest BCUT2D eigenvalue weighted by atomic mass is 79.9. The van der Waals surface area contributed by atoms with Crippen LogP contribution < -0.4 is 0 Å². The van der Waals surface area contributed by atoms with E-state index in [0.29, 0.717) is 9.24 Å². The molecule has 0 spiro atoms. The van der Waals surface area contributed by atoms with E-state index >= 15 is 0 Å². The van der Waals surface area contributed by atoms with E-state index in [-0.39, 0.29) is 5.82 Å². The van der Waals surface area contributed by atoms with E-state index in [9.17, 15) is 4.39 Å². The van der Waals surface area contributed by atoms with Gasteiger partial charge < -0.3 is 4.98 Å². The van der Waals surface area contributed by atoms with Crippen LogP contribution in [0.2, 0.25) is 0 Å². The van der Waals surface area contributed by atoms with E-state index in [1.165, 1.54) is 6.07 Å². The fourth-order valence-electron chi connectivity index (χ4n) is 1.74. The van der Waals surface area contributed by atoms with Crippen molar-refractivity contribution >= 4 is 50.5 Å². The van der Waals surface area contributed by atoms with Crippen LogP contribution in [0, 0.1) is 10.6 Å². The van der Waals surface area contributed by atoms with Gasteiger partial charge in [-0.1, -0.05) is 0 Å². The van der Waals surface area contributed by atoms with Crippen LogP contribution in [0.3, 0.4) is 0 Å². The molecule has 2 aromatic heterocycles. The maximum atomic E-state index is 13.6. The number of H-pyrrole nitrogens is 1. The lowest BCUT2D eigenvalue weighted by Crippen LogP contribution is -1.91. The van der Waals surface area contributed by atoms with E-state index in [1.807, 2.05) is 21.4 Å². The highest BCUT2D eigenvalue weighted by molar-refractivity contribution is 9.10. The van der Waals surface area contributed by atoms with E-state index < -0.39 is 0 Å². The zero-order chi connectivity index (χ0) is 12.0. The molecule has 0 saturated carbocycles. The van der Waals surface area contributed by atoms with Crippen LogP contribution in [0.15, 0.2) is 33.4 Å². The first-order valence-electron chi connectivity index (χ1n) is 4.79. The van der Waals surface area contributed by atoms with Gasteiger partial charge in [-0.05, 0) is 45.7 Å². The first-order chi connectivity index (χ1) is 8.16. The molecule has 0 amide bonds. The topological polar surface area (TPSA) is 20.7 Å². The first kappa shape index (κ1) is 11.1. The minimum Gasteiger partial charge on any atom is -0.330 e. The summed E-state index contributed by atoms with van der Waals surface area (Å²) in [4.78, 5) is 3.07. The summed E-state index contributed by atoms with van der Waals surface area (Å²) in [7, 11) is 0. The monoisotopic (exact) mass is 328 g/mol. The number of aromatic amines is 1. The normalized spacial score (nSPS) is 11.2. The van der Waals surface area contributed by atoms with E-state index in [1.54, 1.807) is 17.4 Å². The highest BCUT2D eigenvalue weighted by Gasteiger charge is 2.10. The quantitative estimate of drug-likeness (QED) is 0.645. The Balaban J connectivity index is 2.43. The van der Waals surface area contributed by atoms with Gasteiger partial charge in [0, 0.05) is 11.4 Å². The number of benzene rings is 1. The molecule has 1 aromatic carbocycles. The van der Waals surface area contributed by atoms with Gasteiger partial charge in [-0.25, -0.2) is 4.39 Å². The Morgan fingerprint density at radius 3 is 2.94 bits per heavy atom. The molecule has 0 aliphatic heterocycles. The molecule has 6 heteroatoms. The molecule has 0 saturated heterocycles. The van der Waals surface area contributed by atoms with Gasteiger partial charge in [0.2, 0.25) is 0 Å². The number of hydrogen-bond donors (Lipinski definition) is 1. The second-order valence-corrected chi connectivity index (χ2v) is 5.55. The molecule has 0 bridgehead atoms. The SMILES string of the molecule is Fc1cc2c(cc1Br)[nH]c(=S)n2-c1ccsc1. The Labute approximate surface area is 114 Å². The van der Waals surface area contributed by atoms with Crippen LogP contribution >= 0.6 is 39.5 Å². The van der Waals surface area contributed by atoms with Gasteiger partial charge in [-0.15, -0.1) is 0 Å². The summed E-state index contributed by atoms with van der Waals surface area (Å²) in [6.07, 6.45) is 0. The summed E-state index contributed by atoms with van der Waals surface area (Å²) in [6.45, 7) is 0. The lowest BCUT2D eigenvalue weighted by Gasteiger charge is -2.01. The second-order valence-electron chi connectivity index (χ2n) is 3.53. The van der Waals surface area contributed by atoms with Gasteiger partial charge in [0.05, 0.1) is 21.2 Å².